The van der Waals surface area contributed by atoms with Crippen LogP contribution >= 0.6 is 0 Å². The maximum Gasteiger partial charge on any atom is 0.323 e. The first-order chi connectivity index (χ1) is 7.42. The molecule has 1 fully saturated rings. The normalized spacial score (nSPS) is 22.2. The largest absolute Gasteiger partial charge is 0.480 e. The maximum absolute atomic E-state index is 10.9. The Balaban J connectivity index is 2.14. The van der Waals surface area contributed by atoms with Crippen molar-refractivity contribution < 1.29 is 9.90 Å². The van der Waals surface area contributed by atoms with E-state index in [1.165, 1.54) is 32.1 Å². The summed E-state index contributed by atoms with van der Waals surface area (Å²) in [5.74, 6) is 0.473. The highest BCUT2D eigenvalue weighted by Gasteiger charge is 2.29. The Morgan fingerprint density at radius 2 is 2.19 bits per heavy atom. The molecule has 0 radical (unpaired) electrons. The van der Waals surface area contributed by atoms with E-state index < -0.39 is 11.5 Å². The Kier molecular flexibility index (Phi) is 4.78. The van der Waals surface area contributed by atoms with Gasteiger partial charge in [0.25, 0.3) is 0 Å². The lowest BCUT2D eigenvalue weighted by Crippen LogP contribution is -2.46. The summed E-state index contributed by atoms with van der Waals surface area (Å²) in [4.78, 5) is 10.9. The van der Waals surface area contributed by atoms with Crippen molar-refractivity contribution in [3.63, 3.8) is 0 Å². The van der Waals surface area contributed by atoms with Crippen molar-refractivity contribution in [1.29, 1.82) is 0 Å². The molecular formula is C13H25NO2. The molecule has 1 saturated carbocycles. The zero-order valence-electron chi connectivity index (χ0n) is 10.5. The van der Waals surface area contributed by atoms with Gasteiger partial charge in [0.2, 0.25) is 0 Å². The van der Waals surface area contributed by atoms with Crippen LogP contribution in [0.1, 0.15) is 58.8 Å². The smallest absolute Gasteiger partial charge is 0.323 e. The Bertz CT molecular complexity index is 234. The van der Waals surface area contributed by atoms with Crippen LogP contribution in [0.2, 0.25) is 0 Å². The van der Waals surface area contributed by atoms with Crippen LogP contribution in [-0.2, 0) is 4.79 Å². The minimum Gasteiger partial charge on any atom is -0.480 e. The molecule has 1 aliphatic carbocycles. The molecule has 0 saturated heterocycles. The van der Waals surface area contributed by atoms with Crippen LogP contribution < -0.4 is 5.73 Å². The summed E-state index contributed by atoms with van der Waals surface area (Å²) in [5, 5.41) is 8.93. The van der Waals surface area contributed by atoms with Crippen molar-refractivity contribution in [2.24, 2.45) is 17.6 Å². The van der Waals surface area contributed by atoms with Crippen LogP contribution in [0.25, 0.3) is 0 Å². The molecule has 94 valence electrons. The Hall–Kier alpha value is -0.570. The average molecular weight is 227 g/mol. The fourth-order valence-electron chi connectivity index (χ4n) is 2.45. The van der Waals surface area contributed by atoms with Crippen LogP contribution in [-0.4, -0.2) is 16.6 Å². The number of rotatable bonds is 7. The second-order valence-corrected chi connectivity index (χ2v) is 5.76. The number of carboxylic acid groups (broad SMARTS) is 1. The number of hydrogen-bond acceptors (Lipinski definition) is 2. The van der Waals surface area contributed by atoms with Crippen LogP contribution in [0.4, 0.5) is 0 Å². The molecule has 3 heteroatoms. The molecule has 0 heterocycles. The van der Waals surface area contributed by atoms with Gasteiger partial charge in [-0.05, 0) is 25.2 Å². The molecule has 0 aliphatic heterocycles. The quantitative estimate of drug-likeness (QED) is 0.703. The zero-order chi connectivity index (χ0) is 12.2. The van der Waals surface area contributed by atoms with Gasteiger partial charge in [0.15, 0.2) is 0 Å². The molecule has 1 rings (SSSR count). The summed E-state index contributed by atoms with van der Waals surface area (Å²) in [6.07, 6.45) is 8.43. The standard InChI is InChI=1S/C13H25NO2/c1-10(9-13(2,14)12(15)16)5-3-6-11-7-4-8-11/h10-11H,3-9,14H2,1-2H3,(H,15,16)/t10-,13-/m1/s1. The van der Waals surface area contributed by atoms with Gasteiger partial charge in [0.1, 0.15) is 5.54 Å². The van der Waals surface area contributed by atoms with Crippen molar-refractivity contribution in [1.82, 2.24) is 0 Å². The highest BCUT2D eigenvalue weighted by Crippen LogP contribution is 2.32. The Morgan fingerprint density at radius 1 is 1.56 bits per heavy atom. The van der Waals surface area contributed by atoms with Crippen LogP contribution in [0, 0.1) is 11.8 Å². The van der Waals surface area contributed by atoms with Crippen molar-refractivity contribution in [3.05, 3.63) is 0 Å². The summed E-state index contributed by atoms with van der Waals surface area (Å²) >= 11 is 0. The lowest BCUT2D eigenvalue weighted by atomic mass is 9.80. The first kappa shape index (κ1) is 13.5. The molecular weight excluding hydrogens is 202 g/mol. The van der Waals surface area contributed by atoms with E-state index in [4.69, 9.17) is 10.8 Å². The number of nitrogens with two attached hydrogens (primary N) is 1. The van der Waals surface area contributed by atoms with E-state index in [2.05, 4.69) is 6.92 Å². The Labute approximate surface area is 98.4 Å². The van der Waals surface area contributed by atoms with Crippen molar-refractivity contribution in [3.8, 4) is 0 Å². The van der Waals surface area contributed by atoms with Gasteiger partial charge in [-0.15, -0.1) is 0 Å². The van der Waals surface area contributed by atoms with Gasteiger partial charge in [-0.2, -0.15) is 0 Å². The highest BCUT2D eigenvalue weighted by molar-refractivity contribution is 5.77. The summed E-state index contributed by atoms with van der Waals surface area (Å²) in [6, 6.07) is 0. The summed E-state index contributed by atoms with van der Waals surface area (Å²) < 4.78 is 0. The second kappa shape index (κ2) is 5.67. The van der Waals surface area contributed by atoms with E-state index in [-0.39, 0.29) is 0 Å². The molecule has 0 amide bonds. The molecule has 3 nitrogen and oxygen atoms in total. The Morgan fingerprint density at radius 3 is 2.62 bits per heavy atom. The average Bonchev–Trinajstić information content (AvgIpc) is 2.08. The van der Waals surface area contributed by atoms with E-state index in [1.54, 1.807) is 6.92 Å². The van der Waals surface area contributed by atoms with Crippen LogP contribution in [0.3, 0.4) is 0 Å². The molecule has 0 bridgehead atoms. The van der Waals surface area contributed by atoms with E-state index in [0.717, 1.165) is 12.3 Å². The van der Waals surface area contributed by atoms with Gasteiger partial charge in [0.05, 0.1) is 0 Å². The fourth-order valence-corrected chi connectivity index (χ4v) is 2.45. The third-order valence-corrected chi connectivity index (χ3v) is 3.80. The third kappa shape index (κ3) is 4.12. The first-order valence-electron chi connectivity index (χ1n) is 6.44. The zero-order valence-corrected chi connectivity index (χ0v) is 10.5. The SMILES string of the molecule is C[C@H](CCCC1CCC1)C[C@@](C)(N)C(=O)O. The predicted octanol–water partition coefficient (Wildman–Crippen LogP) is 2.79. The van der Waals surface area contributed by atoms with Gasteiger partial charge >= 0.3 is 5.97 Å². The molecule has 0 unspecified atom stereocenters. The van der Waals surface area contributed by atoms with Gasteiger partial charge < -0.3 is 10.8 Å². The minimum absolute atomic E-state index is 0.408. The molecule has 0 aromatic heterocycles. The van der Waals surface area contributed by atoms with E-state index in [0.29, 0.717) is 12.3 Å². The molecule has 3 N–H and O–H groups in total. The first-order valence-corrected chi connectivity index (χ1v) is 6.44. The molecule has 2 atom stereocenters. The highest BCUT2D eigenvalue weighted by atomic mass is 16.4. The lowest BCUT2D eigenvalue weighted by molar-refractivity contribution is -0.143. The minimum atomic E-state index is -1.06. The predicted molar refractivity (Wildman–Crippen MR) is 65.2 cm³/mol. The molecule has 0 aromatic rings. The molecule has 1 aliphatic rings. The van der Waals surface area contributed by atoms with E-state index in [9.17, 15) is 4.79 Å². The maximum atomic E-state index is 10.9. The van der Waals surface area contributed by atoms with Crippen LogP contribution in [0.5, 0.6) is 0 Å². The van der Waals surface area contributed by atoms with Crippen molar-refractivity contribution in [2.45, 2.75) is 64.3 Å². The summed E-state index contributed by atoms with van der Waals surface area (Å²) in [5.41, 5.74) is 4.67. The summed E-state index contributed by atoms with van der Waals surface area (Å²) in [6.45, 7) is 3.71. The molecule has 0 aromatic carbocycles. The monoisotopic (exact) mass is 227 g/mol. The van der Waals surface area contributed by atoms with Gasteiger partial charge in [0, 0.05) is 0 Å². The number of carbonyl (C=O) groups is 1. The van der Waals surface area contributed by atoms with Crippen molar-refractivity contribution in [2.75, 3.05) is 0 Å². The van der Waals surface area contributed by atoms with Gasteiger partial charge in [-0.25, -0.2) is 0 Å². The number of hydrogen-bond donors (Lipinski definition) is 2. The third-order valence-electron chi connectivity index (χ3n) is 3.80. The van der Waals surface area contributed by atoms with Gasteiger partial charge in [-0.3, -0.25) is 4.79 Å². The van der Waals surface area contributed by atoms with E-state index in [1.807, 2.05) is 0 Å². The van der Waals surface area contributed by atoms with Gasteiger partial charge in [-0.1, -0.05) is 45.4 Å². The second-order valence-electron chi connectivity index (χ2n) is 5.76. The van der Waals surface area contributed by atoms with Crippen LogP contribution in [0.15, 0.2) is 0 Å². The fraction of sp³-hybridized carbons (Fsp3) is 0.923. The number of carboxylic acids is 1. The summed E-state index contributed by atoms with van der Waals surface area (Å²) in [7, 11) is 0. The molecule has 16 heavy (non-hydrogen) atoms. The lowest BCUT2D eigenvalue weighted by Gasteiger charge is -2.27. The van der Waals surface area contributed by atoms with Crippen molar-refractivity contribution >= 4 is 5.97 Å². The molecule has 0 spiro atoms. The topological polar surface area (TPSA) is 63.3 Å². The number of aliphatic carboxylic acids is 1. The van der Waals surface area contributed by atoms with E-state index >= 15 is 0 Å².